The number of likely N-dealkylation sites (tertiary alicyclic amines) is 1. The smallest absolute Gasteiger partial charge is 0.253 e. The van der Waals surface area contributed by atoms with Crippen LogP contribution in [0.25, 0.3) is 0 Å². The van der Waals surface area contributed by atoms with Gasteiger partial charge in [0, 0.05) is 31.7 Å². The zero-order valence-electron chi connectivity index (χ0n) is 20.2. The molecular formula is C26H36N2O4S. The van der Waals surface area contributed by atoms with E-state index < -0.39 is 10.0 Å². The number of nitrogens with zero attached hydrogens (tertiary/aromatic N) is 2. The number of carbonyl (C=O) groups excluding carboxylic acids is 1. The normalized spacial score (nSPS) is 15.3. The Bertz CT molecular complexity index is 1030. The fourth-order valence-electron chi connectivity index (χ4n) is 4.13. The first kappa shape index (κ1) is 25.2. The van der Waals surface area contributed by atoms with Crippen LogP contribution >= 0.6 is 0 Å². The number of piperidine rings is 1. The van der Waals surface area contributed by atoms with Gasteiger partial charge in [-0.05, 0) is 88.3 Å². The standard InChI is InChI=1S/C26H36N2O4S/c1-5-32-24-13-11-21(12-14-24)9-10-22-15-17-28(18-16-22)26(29)23-7-6-8-25(19-23)33(30,31)27(4)20(2)3/h6-8,11-14,19-20,22H,5,9-10,15-18H2,1-4H3. The van der Waals surface area contributed by atoms with E-state index in [9.17, 15) is 13.2 Å². The molecule has 6 nitrogen and oxygen atoms in total. The fraction of sp³-hybridized carbons (Fsp3) is 0.500. The lowest BCUT2D eigenvalue weighted by Gasteiger charge is -2.32. The molecule has 2 aromatic rings. The van der Waals surface area contributed by atoms with Gasteiger partial charge >= 0.3 is 0 Å². The van der Waals surface area contributed by atoms with Gasteiger partial charge < -0.3 is 9.64 Å². The third kappa shape index (κ3) is 6.36. The van der Waals surface area contributed by atoms with Gasteiger partial charge in [-0.2, -0.15) is 4.31 Å². The van der Waals surface area contributed by atoms with Gasteiger partial charge in [0.25, 0.3) is 5.91 Å². The second-order valence-electron chi connectivity index (χ2n) is 8.99. The van der Waals surface area contributed by atoms with Gasteiger partial charge in [0.05, 0.1) is 11.5 Å². The molecule has 0 spiro atoms. The maximum Gasteiger partial charge on any atom is 0.253 e. The molecule has 1 saturated heterocycles. The number of hydrogen-bond acceptors (Lipinski definition) is 4. The zero-order chi connectivity index (χ0) is 24.0. The van der Waals surface area contributed by atoms with Crippen LogP contribution in [-0.4, -0.2) is 56.3 Å². The van der Waals surface area contributed by atoms with Crippen molar-refractivity contribution in [2.45, 2.75) is 57.4 Å². The van der Waals surface area contributed by atoms with Crippen LogP contribution in [-0.2, 0) is 16.4 Å². The molecule has 0 aromatic heterocycles. The average molecular weight is 473 g/mol. The molecule has 2 aromatic carbocycles. The summed E-state index contributed by atoms with van der Waals surface area (Å²) in [4.78, 5) is 15.1. The van der Waals surface area contributed by atoms with E-state index in [0.29, 0.717) is 31.2 Å². The van der Waals surface area contributed by atoms with E-state index in [2.05, 4.69) is 12.1 Å². The van der Waals surface area contributed by atoms with Gasteiger partial charge in [-0.1, -0.05) is 18.2 Å². The van der Waals surface area contributed by atoms with Crippen molar-refractivity contribution in [2.75, 3.05) is 26.7 Å². The summed E-state index contributed by atoms with van der Waals surface area (Å²) < 4.78 is 32.4. The highest BCUT2D eigenvalue weighted by Gasteiger charge is 2.27. The summed E-state index contributed by atoms with van der Waals surface area (Å²) in [5.41, 5.74) is 1.74. The number of benzene rings is 2. The summed E-state index contributed by atoms with van der Waals surface area (Å²) in [5, 5.41) is 0. The summed E-state index contributed by atoms with van der Waals surface area (Å²) in [7, 11) is -2.06. The SMILES string of the molecule is CCOc1ccc(CCC2CCN(C(=O)c3cccc(S(=O)(=O)N(C)C(C)C)c3)CC2)cc1. The van der Waals surface area contributed by atoms with Crippen molar-refractivity contribution in [1.82, 2.24) is 9.21 Å². The van der Waals surface area contributed by atoms with Gasteiger partial charge in [0.2, 0.25) is 10.0 Å². The van der Waals surface area contributed by atoms with Gasteiger partial charge in [0.1, 0.15) is 5.75 Å². The molecule has 0 unspecified atom stereocenters. The minimum Gasteiger partial charge on any atom is -0.494 e. The van der Waals surface area contributed by atoms with Crippen LogP contribution in [0.15, 0.2) is 53.4 Å². The number of aryl methyl sites for hydroxylation is 1. The Morgan fingerprint density at radius 3 is 2.39 bits per heavy atom. The van der Waals surface area contributed by atoms with Crippen LogP contribution in [0.2, 0.25) is 0 Å². The van der Waals surface area contributed by atoms with Crippen molar-refractivity contribution in [2.24, 2.45) is 5.92 Å². The third-order valence-corrected chi connectivity index (χ3v) is 8.49. The Hall–Kier alpha value is -2.38. The molecule has 0 bridgehead atoms. The summed E-state index contributed by atoms with van der Waals surface area (Å²) in [6, 6.07) is 14.6. The molecule has 1 aliphatic heterocycles. The van der Waals surface area contributed by atoms with Crippen LogP contribution in [0.1, 0.15) is 56.0 Å². The first-order valence-corrected chi connectivity index (χ1v) is 13.3. The lowest BCUT2D eigenvalue weighted by atomic mass is 9.90. The van der Waals surface area contributed by atoms with Gasteiger partial charge in [0.15, 0.2) is 0 Å². The van der Waals surface area contributed by atoms with Gasteiger partial charge in [-0.15, -0.1) is 0 Å². The molecule has 0 atom stereocenters. The molecule has 1 amide bonds. The van der Waals surface area contributed by atoms with Crippen LogP contribution in [0.3, 0.4) is 0 Å². The second-order valence-corrected chi connectivity index (χ2v) is 11.0. The molecule has 180 valence electrons. The molecule has 1 heterocycles. The Morgan fingerprint density at radius 1 is 1.12 bits per heavy atom. The zero-order valence-corrected chi connectivity index (χ0v) is 21.0. The van der Waals surface area contributed by atoms with E-state index in [0.717, 1.165) is 31.4 Å². The molecule has 0 N–H and O–H groups in total. The van der Waals surface area contributed by atoms with Crippen LogP contribution < -0.4 is 4.74 Å². The molecule has 3 rings (SSSR count). The predicted octanol–water partition coefficient (Wildman–Crippen LogP) is 4.60. The van der Waals surface area contributed by atoms with Crippen LogP contribution in [0.5, 0.6) is 5.75 Å². The van der Waals surface area contributed by atoms with E-state index in [4.69, 9.17) is 4.74 Å². The molecule has 1 aliphatic rings. The van der Waals surface area contributed by atoms with Gasteiger partial charge in [-0.3, -0.25) is 4.79 Å². The monoisotopic (exact) mass is 472 g/mol. The fourth-order valence-corrected chi connectivity index (χ4v) is 5.54. The Kier molecular flexibility index (Phi) is 8.54. The predicted molar refractivity (Wildman–Crippen MR) is 131 cm³/mol. The van der Waals surface area contributed by atoms with E-state index in [1.54, 1.807) is 25.2 Å². The van der Waals surface area contributed by atoms with E-state index in [-0.39, 0.29) is 16.8 Å². The summed E-state index contributed by atoms with van der Waals surface area (Å²) in [6.45, 7) is 7.71. The van der Waals surface area contributed by atoms with Crippen molar-refractivity contribution >= 4 is 15.9 Å². The van der Waals surface area contributed by atoms with Crippen molar-refractivity contribution in [3.05, 3.63) is 59.7 Å². The number of rotatable bonds is 9. The van der Waals surface area contributed by atoms with E-state index in [1.165, 1.54) is 15.9 Å². The molecule has 7 heteroatoms. The van der Waals surface area contributed by atoms with Crippen LogP contribution in [0.4, 0.5) is 0 Å². The molecular weight excluding hydrogens is 436 g/mol. The lowest BCUT2D eigenvalue weighted by Crippen LogP contribution is -2.38. The minimum absolute atomic E-state index is 0.0933. The van der Waals surface area contributed by atoms with Crippen LogP contribution in [0, 0.1) is 5.92 Å². The number of ether oxygens (including phenoxy) is 1. The maximum absolute atomic E-state index is 13.1. The van der Waals surface area contributed by atoms with E-state index >= 15 is 0 Å². The van der Waals surface area contributed by atoms with Gasteiger partial charge in [-0.25, -0.2) is 8.42 Å². The summed E-state index contributed by atoms with van der Waals surface area (Å²) >= 11 is 0. The number of carbonyl (C=O) groups is 1. The second kappa shape index (κ2) is 11.2. The quantitative estimate of drug-likeness (QED) is 0.535. The largest absolute Gasteiger partial charge is 0.494 e. The lowest BCUT2D eigenvalue weighted by molar-refractivity contribution is 0.0686. The molecule has 1 fully saturated rings. The van der Waals surface area contributed by atoms with Crippen molar-refractivity contribution in [3.8, 4) is 5.75 Å². The average Bonchev–Trinajstić information content (AvgIpc) is 2.83. The first-order valence-electron chi connectivity index (χ1n) is 11.8. The third-order valence-electron chi connectivity index (χ3n) is 6.46. The Morgan fingerprint density at radius 2 is 1.79 bits per heavy atom. The Labute approximate surface area is 198 Å². The first-order chi connectivity index (χ1) is 15.7. The molecule has 0 radical (unpaired) electrons. The highest BCUT2D eigenvalue weighted by Crippen LogP contribution is 2.25. The van der Waals surface area contributed by atoms with Crippen molar-refractivity contribution in [1.29, 1.82) is 0 Å². The number of sulfonamides is 1. The topological polar surface area (TPSA) is 66.9 Å². The highest BCUT2D eigenvalue weighted by molar-refractivity contribution is 7.89. The number of hydrogen-bond donors (Lipinski definition) is 0. The highest BCUT2D eigenvalue weighted by atomic mass is 32.2. The molecule has 0 aliphatic carbocycles. The maximum atomic E-state index is 13.1. The summed E-state index contributed by atoms with van der Waals surface area (Å²) in [6.07, 6.45) is 4.06. The Balaban J connectivity index is 1.55. The molecule has 33 heavy (non-hydrogen) atoms. The molecule has 0 saturated carbocycles. The van der Waals surface area contributed by atoms with Crippen molar-refractivity contribution in [3.63, 3.8) is 0 Å². The minimum atomic E-state index is -3.62. The van der Waals surface area contributed by atoms with Crippen molar-refractivity contribution < 1.29 is 17.9 Å². The summed E-state index contributed by atoms with van der Waals surface area (Å²) in [5.74, 6) is 1.40. The number of amides is 1. The van der Waals surface area contributed by atoms with E-state index in [1.807, 2.05) is 37.8 Å².